The maximum atomic E-state index is 6.16. The Labute approximate surface area is 115 Å². The molecule has 0 N–H and O–H groups in total. The van der Waals surface area contributed by atoms with Gasteiger partial charge in [-0.15, -0.1) is 0 Å². The molecule has 0 amide bonds. The van der Waals surface area contributed by atoms with E-state index in [4.69, 9.17) is 11.6 Å². The van der Waals surface area contributed by atoms with E-state index in [1.807, 2.05) is 0 Å². The smallest absolute Gasteiger partial charge is 0.146 e. The fourth-order valence-electron chi connectivity index (χ4n) is 1.66. The van der Waals surface area contributed by atoms with E-state index in [0.717, 1.165) is 15.8 Å². The van der Waals surface area contributed by atoms with Crippen LogP contribution in [-0.4, -0.2) is 9.97 Å². The Kier molecular flexibility index (Phi) is 3.46. The molecule has 1 heterocycles. The lowest BCUT2D eigenvalue weighted by Gasteiger charge is -2.17. The van der Waals surface area contributed by atoms with Crippen molar-refractivity contribution in [1.29, 1.82) is 0 Å². The Balaban J connectivity index is 2.33. The van der Waals surface area contributed by atoms with Crippen molar-refractivity contribution in [2.75, 3.05) is 0 Å². The molecule has 2 nitrogen and oxygen atoms in total. The van der Waals surface area contributed by atoms with Crippen LogP contribution >= 0.6 is 34.2 Å². The van der Waals surface area contributed by atoms with Crippen molar-refractivity contribution in [3.63, 3.8) is 0 Å². The molecule has 0 radical (unpaired) electrons. The van der Waals surface area contributed by atoms with E-state index in [1.165, 1.54) is 18.5 Å². The van der Waals surface area contributed by atoms with E-state index >= 15 is 0 Å². The molecule has 1 aromatic heterocycles. The molecule has 4 heteroatoms. The van der Waals surface area contributed by atoms with Crippen molar-refractivity contribution in [2.45, 2.75) is 46.0 Å². The second kappa shape index (κ2) is 4.41. The largest absolute Gasteiger partial charge is 0.236 e. The average molecular weight is 351 g/mol. The van der Waals surface area contributed by atoms with Gasteiger partial charge in [0.05, 0.1) is 9.26 Å². The monoisotopic (exact) mass is 350 g/mol. The molecule has 0 aromatic carbocycles. The number of rotatable bonds is 2. The van der Waals surface area contributed by atoms with Gasteiger partial charge >= 0.3 is 0 Å². The Bertz CT molecular complexity index is 408. The van der Waals surface area contributed by atoms with Gasteiger partial charge in [-0.25, -0.2) is 9.97 Å². The van der Waals surface area contributed by atoms with Crippen molar-refractivity contribution in [3.8, 4) is 0 Å². The van der Waals surface area contributed by atoms with Gasteiger partial charge in [0.15, 0.2) is 0 Å². The lowest BCUT2D eigenvalue weighted by Crippen LogP contribution is -2.13. The van der Waals surface area contributed by atoms with Crippen molar-refractivity contribution in [3.05, 3.63) is 20.2 Å². The summed E-state index contributed by atoms with van der Waals surface area (Å²) in [5, 5.41) is 0.622. The first kappa shape index (κ1) is 12.6. The van der Waals surface area contributed by atoms with E-state index in [1.54, 1.807) is 0 Å². The van der Waals surface area contributed by atoms with Gasteiger partial charge in [-0.3, -0.25) is 0 Å². The van der Waals surface area contributed by atoms with E-state index in [9.17, 15) is 0 Å². The van der Waals surface area contributed by atoms with Crippen molar-refractivity contribution >= 4 is 34.2 Å². The zero-order valence-electron chi connectivity index (χ0n) is 9.85. The van der Waals surface area contributed by atoms with E-state index in [2.05, 4.69) is 53.3 Å². The van der Waals surface area contributed by atoms with E-state index in [0.29, 0.717) is 11.1 Å². The van der Waals surface area contributed by atoms with Crippen molar-refractivity contribution in [1.82, 2.24) is 9.97 Å². The number of hydrogen-bond acceptors (Lipinski definition) is 2. The zero-order chi connectivity index (χ0) is 11.9. The lowest BCUT2D eigenvalue weighted by molar-refractivity contribution is 0.400. The molecule has 0 aliphatic heterocycles. The van der Waals surface area contributed by atoms with Crippen molar-refractivity contribution in [2.24, 2.45) is 5.41 Å². The van der Waals surface area contributed by atoms with Gasteiger partial charge in [-0.2, -0.15) is 0 Å². The molecule has 0 unspecified atom stereocenters. The lowest BCUT2D eigenvalue weighted by atomic mass is 9.92. The van der Waals surface area contributed by atoms with Crippen LogP contribution in [-0.2, 0) is 6.42 Å². The first-order chi connectivity index (χ1) is 7.37. The minimum Gasteiger partial charge on any atom is -0.236 e. The third-order valence-electron chi connectivity index (χ3n) is 2.54. The molecule has 1 aliphatic rings. The van der Waals surface area contributed by atoms with Crippen LogP contribution in [0.25, 0.3) is 0 Å². The van der Waals surface area contributed by atoms with Gasteiger partial charge in [0.25, 0.3) is 0 Å². The summed E-state index contributed by atoms with van der Waals surface area (Å²) in [6, 6.07) is 0. The molecule has 2 rings (SSSR count). The summed E-state index contributed by atoms with van der Waals surface area (Å²) in [7, 11) is 0. The highest BCUT2D eigenvalue weighted by Gasteiger charge is 2.29. The second-order valence-corrected chi connectivity index (χ2v) is 7.08. The molecular weight excluding hydrogens is 335 g/mol. The van der Waals surface area contributed by atoms with Gasteiger partial charge in [0, 0.05) is 12.3 Å². The fourth-order valence-corrected chi connectivity index (χ4v) is 2.54. The normalized spacial score (nSPS) is 16.6. The summed E-state index contributed by atoms with van der Waals surface area (Å²) in [5.74, 6) is 1.52. The molecule has 1 aromatic rings. The highest BCUT2D eigenvalue weighted by molar-refractivity contribution is 14.1. The van der Waals surface area contributed by atoms with Crippen LogP contribution in [0.2, 0.25) is 5.15 Å². The molecule has 0 spiro atoms. The summed E-state index contributed by atoms with van der Waals surface area (Å²) in [5.41, 5.74) is 1.37. The molecule has 1 fully saturated rings. The first-order valence-corrected chi connectivity index (χ1v) is 7.04. The predicted octanol–water partition coefficient (Wildman–Crippen LogP) is 4.20. The van der Waals surface area contributed by atoms with Crippen LogP contribution in [0, 0.1) is 8.99 Å². The fraction of sp³-hybridized carbons (Fsp3) is 0.667. The molecule has 0 atom stereocenters. The van der Waals surface area contributed by atoms with Crippen LogP contribution in [0.1, 0.15) is 51.0 Å². The van der Waals surface area contributed by atoms with Crippen LogP contribution in [0.4, 0.5) is 0 Å². The maximum Gasteiger partial charge on any atom is 0.146 e. The number of halogens is 2. The molecule has 0 saturated heterocycles. The van der Waals surface area contributed by atoms with Gasteiger partial charge in [-0.05, 0) is 40.8 Å². The number of hydrogen-bond donors (Lipinski definition) is 0. The number of aromatic nitrogens is 2. The summed E-state index contributed by atoms with van der Waals surface area (Å²) < 4.78 is 1.04. The van der Waals surface area contributed by atoms with Crippen LogP contribution in [0.15, 0.2) is 0 Å². The minimum absolute atomic E-state index is 0.205. The second-order valence-electron chi connectivity index (χ2n) is 5.64. The van der Waals surface area contributed by atoms with Gasteiger partial charge in [0.1, 0.15) is 11.0 Å². The first-order valence-electron chi connectivity index (χ1n) is 5.58. The minimum atomic E-state index is 0.205. The van der Waals surface area contributed by atoms with E-state index < -0.39 is 0 Å². The topological polar surface area (TPSA) is 25.8 Å². The molecule has 88 valence electrons. The third kappa shape index (κ3) is 3.06. The van der Waals surface area contributed by atoms with Crippen molar-refractivity contribution < 1.29 is 0 Å². The maximum absolute atomic E-state index is 6.16. The standard InChI is InChI=1S/C12H16ClIN2/c1-12(2,3)6-8-15-10(7-4-5-7)9(14)11(13)16-8/h7H,4-6H2,1-3H3. The van der Waals surface area contributed by atoms with Gasteiger partial charge in [-0.1, -0.05) is 32.4 Å². The highest BCUT2D eigenvalue weighted by Crippen LogP contribution is 2.42. The Morgan fingerprint density at radius 2 is 1.94 bits per heavy atom. The average Bonchev–Trinajstić information content (AvgIpc) is 2.91. The molecular formula is C12H16ClIN2. The molecule has 0 bridgehead atoms. The predicted molar refractivity (Wildman–Crippen MR) is 74.9 cm³/mol. The summed E-state index contributed by atoms with van der Waals surface area (Å²) in [6.45, 7) is 6.58. The zero-order valence-corrected chi connectivity index (χ0v) is 12.8. The van der Waals surface area contributed by atoms with E-state index in [-0.39, 0.29) is 5.41 Å². The summed E-state index contributed by atoms with van der Waals surface area (Å²) in [4.78, 5) is 9.05. The summed E-state index contributed by atoms with van der Waals surface area (Å²) in [6.07, 6.45) is 3.37. The summed E-state index contributed by atoms with van der Waals surface area (Å²) >= 11 is 8.42. The quantitative estimate of drug-likeness (QED) is 0.590. The molecule has 1 saturated carbocycles. The third-order valence-corrected chi connectivity index (χ3v) is 4.19. The van der Waals surface area contributed by atoms with Crippen LogP contribution in [0.5, 0.6) is 0 Å². The Morgan fingerprint density at radius 3 is 2.44 bits per heavy atom. The number of nitrogens with zero attached hydrogens (tertiary/aromatic N) is 2. The Morgan fingerprint density at radius 1 is 1.31 bits per heavy atom. The van der Waals surface area contributed by atoms with Crippen LogP contribution < -0.4 is 0 Å². The van der Waals surface area contributed by atoms with Gasteiger partial charge in [0.2, 0.25) is 0 Å². The SMILES string of the molecule is CC(C)(C)Cc1nc(Cl)c(I)c(C2CC2)n1. The Hall–Kier alpha value is 0.1000. The van der Waals surface area contributed by atoms with Gasteiger partial charge < -0.3 is 0 Å². The van der Waals surface area contributed by atoms with Crippen LogP contribution in [0.3, 0.4) is 0 Å². The highest BCUT2D eigenvalue weighted by atomic mass is 127. The molecule has 1 aliphatic carbocycles. The molecule has 16 heavy (non-hydrogen) atoms.